The Hall–Kier alpha value is -1.78. The maximum atomic E-state index is 14.2. The van der Waals surface area contributed by atoms with Crippen LogP contribution in [0.5, 0.6) is 0 Å². The van der Waals surface area contributed by atoms with Crippen molar-refractivity contribution in [3.05, 3.63) is 51.6 Å². The first kappa shape index (κ1) is 22.5. The SMILES string of the molecule is CCOC(CC)(CNC(=O)c1ccncc1Nc1ccc(I)cc1F)OCC. The van der Waals surface area contributed by atoms with E-state index in [1.807, 2.05) is 43.4 Å². The minimum Gasteiger partial charge on any atom is -0.351 e. The van der Waals surface area contributed by atoms with Crippen LogP contribution in [0, 0.1) is 9.39 Å². The van der Waals surface area contributed by atoms with E-state index in [4.69, 9.17) is 9.47 Å². The number of amides is 1. The molecule has 2 N–H and O–H groups in total. The van der Waals surface area contributed by atoms with E-state index >= 15 is 0 Å². The van der Waals surface area contributed by atoms with E-state index in [0.29, 0.717) is 30.9 Å². The Labute approximate surface area is 178 Å². The molecule has 6 nitrogen and oxygen atoms in total. The summed E-state index contributed by atoms with van der Waals surface area (Å²) in [5.41, 5.74) is 1.04. The molecule has 0 spiro atoms. The van der Waals surface area contributed by atoms with Crippen molar-refractivity contribution in [3.8, 4) is 0 Å². The lowest BCUT2D eigenvalue weighted by Gasteiger charge is -2.32. The molecular formula is C20H25FIN3O3. The van der Waals surface area contributed by atoms with Gasteiger partial charge < -0.3 is 20.1 Å². The zero-order chi connectivity index (χ0) is 20.6. The van der Waals surface area contributed by atoms with Gasteiger partial charge >= 0.3 is 0 Å². The van der Waals surface area contributed by atoms with Crippen LogP contribution in [0.4, 0.5) is 15.8 Å². The fourth-order valence-corrected chi connectivity index (χ4v) is 3.19. The van der Waals surface area contributed by atoms with Gasteiger partial charge in [0.15, 0.2) is 5.79 Å². The normalized spacial score (nSPS) is 11.3. The Morgan fingerprint density at radius 1 is 1.18 bits per heavy atom. The zero-order valence-electron chi connectivity index (χ0n) is 16.2. The third-order valence-corrected chi connectivity index (χ3v) is 4.81. The maximum absolute atomic E-state index is 14.2. The number of halogens is 2. The number of hydrogen-bond acceptors (Lipinski definition) is 5. The van der Waals surface area contributed by atoms with E-state index < -0.39 is 11.6 Å². The molecule has 0 radical (unpaired) electrons. The molecule has 28 heavy (non-hydrogen) atoms. The van der Waals surface area contributed by atoms with Gasteiger partial charge in [-0.3, -0.25) is 9.78 Å². The summed E-state index contributed by atoms with van der Waals surface area (Å²) in [4.78, 5) is 16.8. The summed E-state index contributed by atoms with van der Waals surface area (Å²) in [7, 11) is 0. The van der Waals surface area contributed by atoms with E-state index in [9.17, 15) is 9.18 Å². The highest BCUT2D eigenvalue weighted by molar-refractivity contribution is 14.1. The fourth-order valence-electron chi connectivity index (χ4n) is 2.74. The third kappa shape index (κ3) is 5.86. The number of rotatable bonds is 10. The lowest BCUT2D eigenvalue weighted by Crippen LogP contribution is -2.47. The van der Waals surface area contributed by atoms with E-state index in [-0.39, 0.29) is 18.1 Å². The highest BCUT2D eigenvalue weighted by atomic mass is 127. The molecule has 0 aliphatic carbocycles. The Balaban J connectivity index is 2.17. The average Bonchev–Trinajstić information content (AvgIpc) is 2.69. The molecule has 0 fully saturated rings. The van der Waals surface area contributed by atoms with Crippen LogP contribution in [0.25, 0.3) is 0 Å². The standard InChI is InChI=1S/C20H25FIN3O3/c1-4-20(27-5-2,28-6-3)13-24-19(26)15-9-10-23-12-18(15)25-17-8-7-14(22)11-16(17)21/h7-12,25H,4-6,13H2,1-3H3,(H,24,26). The van der Waals surface area contributed by atoms with Gasteiger partial charge in [0.2, 0.25) is 0 Å². The number of pyridine rings is 1. The van der Waals surface area contributed by atoms with E-state index in [2.05, 4.69) is 15.6 Å². The van der Waals surface area contributed by atoms with E-state index in [0.717, 1.165) is 3.57 Å². The molecule has 1 heterocycles. The predicted molar refractivity (Wildman–Crippen MR) is 115 cm³/mol. The first-order chi connectivity index (χ1) is 13.4. The van der Waals surface area contributed by atoms with Crippen molar-refractivity contribution in [2.75, 3.05) is 25.1 Å². The summed E-state index contributed by atoms with van der Waals surface area (Å²) < 4.78 is 26.4. The average molecular weight is 501 g/mol. The topological polar surface area (TPSA) is 72.5 Å². The molecule has 1 aromatic heterocycles. The van der Waals surface area contributed by atoms with Crippen LogP contribution in [0.2, 0.25) is 0 Å². The zero-order valence-corrected chi connectivity index (χ0v) is 18.4. The molecule has 1 aromatic carbocycles. The maximum Gasteiger partial charge on any atom is 0.253 e. The molecule has 152 valence electrons. The molecule has 0 saturated heterocycles. The molecule has 0 atom stereocenters. The molecule has 2 rings (SSSR count). The number of carbonyl (C=O) groups is 1. The number of anilines is 2. The number of aromatic nitrogens is 1. The van der Waals surface area contributed by atoms with Gasteiger partial charge in [0.05, 0.1) is 29.7 Å². The highest BCUT2D eigenvalue weighted by Crippen LogP contribution is 2.24. The molecule has 0 saturated carbocycles. The van der Waals surface area contributed by atoms with Gasteiger partial charge in [-0.25, -0.2) is 4.39 Å². The van der Waals surface area contributed by atoms with Crippen LogP contribution in [-0.4, -0.2) is 36.4 Å². The summed E-state index contributed by atoms with van der Waals surface area (Å²) in [5, 5.41) is 5.80. The highest BCUT2D eigenvalue weighted by Gasteiger charge is 2.30. The second kappa shape index (κ2) is 10.7. The van der Waals surface area contributed by atoms with Crippen LogP contribution in [0.3, 0.4) is 0 Å². The molecule has 0 aliphatic heterocycles. The summed E-state index contributed by atoms with van der Waals surface area (Å²) in [5.74, 6) is -1.60. The quantitative estimate of drug-likeness (QED) is 0.371. The van der Waals surface area contributed by atoms with Crippen molar-refractivity contribution in [2.24, 2.45) is 0 Å². The van der Waals surface area contributed by atoms with Crippen LogP contribution in [-0.2, 0) is 9.47 Å². The smallest absolute Gasteiger partial charge is 0.253 e. The number of nitrogens with zero attached hydrogens (tertiary/aromatic N) is 1. The number of carbonyl (C=O) groups excluding carboxylic acids is 1. The molecule has 8 heteroatoms. The van der Waals surface area contributed by atoms with Crippen LogP contribution in [0.1, 0.15) is 37.6 Å². The lowest BCUT2D eigenvalue weighted by atomic mass is 10.1. The number of benzene rings is 1. The van der Waals surface area contributed by atoms with Crippen LogP contribution >= 0.6 is 22.6 Å². The monoisotopic (exact) mass is 501 g/mol. The first-order valence-electron chi connectivity index (χ1n) is 9.16. The van der Waals surface area contributed by atoms with Gasteiger partial charge in [-0.15, -0.1) is 0 Å². The van der Waals surface area contributed by atoms with Gasteiger partial charge in [0.25, 0.3) is 5.91 Å². The predicted octanol–water partition coefficient (Wildman–Crippen LogP) is 4.48. The number of hydrogen-bond donors (Lipinski definition) is 2. The van der Waals surface area contributed by atoms with Crippen LogP contribution in [0.15, 0.2) is 36.7 Å². The summed E-state index contributed by atoms with van der Waals surface area (Å²) >= 11 is 2.04. The van der Waals surface area contributed by atoms with Crippen molar-refractivity contribution >= 4 is 39.9 Å². The largest absolute Gasteiger partial charge is 0.351 e. The minimum atomic E-state index is -0.873. The Bertz CT molecular complexity index is 798. The number of nitrogens with one attached hydrogen (secondary N) is 2. The fraction of sp³-hybridized carbons (Fsp3) is 0.400. The van der Waals surface area contributed by atoms with Gasteiger partial charge in [-0.2, -0.15) is 0 Å². The van der Waals surface area contributed by atoms with Crippen molar-refractivity contribution in [1.29, 1.82) is 0 Å². The summed E-state index contributed by atoms with van der Waals surface area (Å²) in [6.07, 6.45) is 3.59. The molecule has 1 amide bonds. The van der Waals surface area contributed by atoms with Gasteiger partial charge in [-0.05, 0) is 60.7 Å². The molecule has 2 aromatic rings. The molecular weight excluding hydrogens is 476 g/mol. The van der Waals surface area contributed by atoms with Gasteiger partial charge in [0.1, 0.15) is 5.82 Å². The van der Waals surface area contributed by atoms with Gasteiger partial charge in [0, 0.05) is 29.4 Å². The molecule has 0 aliphatic rings. The van der Waals surface area contributed by atoms with Crippen molar-refractivity contribution in [3.63, 3.8) is 0 Å². The third-order valence-electron chi connectivity index (χ3n) is 4.14. The number of ether oxygens (including phenoxy) is 2. The second-order valence-electron chi connectivity index (χ2n) is 5.98. The van der Waals surface area contributed by atoms with E-state index in [1.165, 1.54) is 18.5 Å². The molecule has 0 unspecified atom stereocenters. The van der Waals surface area contributed by atoms with Gasteiger partial charge in [-0.1, -0.05) is 6.92 Å². The van der Waals surface area contributed by atoms with Crippen LogP contribution < -0.4 is 10.6 Å². The Morgan fingerprint density at radius 2 is 1.89 bits per heavy atom. The minimum absolute atomic E-state index is 0.198. The first-order valence-corrected chi connectivity index (χ1v) is 10.2. The summed E-state index contributed by atoms with van der Waals surface area (Å²) in [6, 6.07) is 6.40. The Kier molecular flexibility index (Phi) is 8.58. The lowest BCUT2D eigenvalue weighted by molar-refractivity contribution is -0.229. The Morgan fingerprint density at radius 3 is 2.50 bits per heavy atom. The van der Waals surface area contributed by atoms with Crippen molar-refractivity contribution in [2.45, 2.75) is 33.0 Å². The van der Waals surface area contributed by atoms with Crippen molar-refractivity contribution < 1.29 is 18.7 Å². The molecule has 0 bridgehead atoms. The summed E-state index contributed by atoms with van der Waals surface area (Å²) in [6.45, 7) is 6.84. The van der Waals surface area contributed by atoms with Crippen molar-refractivity contribution in [1.82, 2.24) is 10.3 Å². The second-order valence-corrected chi connectivity index (χ2v) is 7.23. The van der Waals surface area contributed by atoms with E-state index in [1.54, 1.807) is 18.2 Å².